The molecule has 1 N–H and O–H groups in total. The van der Waals surface area contributed by atoms with Crippen molar-refractivity contribution < 1.29 is 9.59 Å². The molecule has 4 rings (SSSR count). The van der Waals surface area contributed by atoms with Crippen molar-refractivity contribution in [3.8, 4) is 0 Å². The lowest BCUT2D eigenvalue weighted by Gasteiger charge is -2.06. The van der Waals surface area contributed by atoms with Crippen LogP contribution in [0, 0.1) is 29.6 Å². The number of hydrogen-bond acceptors (Lipinski definition) is 2. The normalized spacial score (nSPS) is 35.7. The van der Waals surface area contributed by atoms with Crippen LogP contribution in [-0.4, -0.2) is 16.0 Å². The predicted molar refractivity (Wildman–Crippen MR) is 95.4 cm³/mol. The molecule has 5 atom stereocenters. The molecule has 3 saturated carbocycles. The molecule has 3 aliphatic rings. The van der Waals surface area contributed by atoms with E-state index in [2.05, 4.69) is 5.32 Å². The zero-order chi connectivity index (χ0) is 17.1. The first-order chi connectivity index (χ1) is 11.4. The average Bonchev–Trinajstić information content (AvgIpc) is 3.32. The van der Waals surface area contributed by atoms with E-state index in [0.29, 0.717) is 34.9 Å². The van der Waals surface area contributed by atoms with Gasteiger partial charge >= 0.3 is 0 Å². The maximum atomic E-state index is 12.6. The van der Waals surface area contributed by atoms with E-state index >= 15 is 0 Å². The highest BCUT2D eigenvalue weighted by Gasteiger charge is 2.65. The second-order valence-corrected chi connectivity index (χ2v) is 8.97. The monoisotopic (exact) mass is 365 g/mol. The van der Waals surface area contributed by atoms with E-state index in [9.17, 15) is 9.59 Å². The molecule has 0 aliphatic heterocycles. The van der Waals surface area contributed by atoms with Crippen molar-refractivity contribution in [3.63, 3.8) is 0 Å². The van der Waals surface area contributed by atoms with Crippen molar-refractivity contribution in [2.24, 2.45) is 29.6 Å². The molecule has 24 heavy (non-hydrogen) atoms. The zero-order valence-corrected chi connectivity index (χ0v) is 15.1. The Balaban J connectivity index is 1.39. The third-order valence-electron chi connectivity index (χ3n) is 6.16. The Hall–Kier alpha value is -1.06. The van der Waals surface area contributed by atoms with Crippen LogP contribution >= 0.6 is 23.2 Å². The summed E-state index contributed by atoms with van der Waals surface area (Å²) in [7, 11) is 0. The molecule has 0 bridgehead atoms. The molecule has 0 radical (unpaired) electrons. The molecule has 3 fully saturated rings. The second kappa shape index (κ2) is 5.74. The summed E-state index contributed by atoms with van der Waals surface area (Å²) in [6.07, 6.45) is 4.14. The van der Waals surface area contributed by atoms with Crippen molar-refractivity contribution >= 4 is 40.6 Å². The first-order valence-electron chi connectivity index (χ1n) is 8.69. The lowest BCUT2D eigenvalue weighted by Crippen LogP contribution is -2.16. The Morgan fingerprint density at radius 1 is 1.08 bits per heavy atom. The van der Waals surface area contributed by atoms with E-state index in [1.807, 2.05) is 6.07 Å². The summed E-state index contributed by atoms with van der Waals surface area (Å²) >= 11 is 12.7. The van der Waals surface area contributed by atoms with E-state index in [4.69, 9.17) is 23.2 Å². The predicted octanol–water partition coefficient (Wildman–Crippen LogP) is 4.68. The zero-order valence-electron chi connectivity index (χ0n) is 13.6. The third-order valence-corrected chi connectivity index (χ3v) is 7.28. The first kappa shape index (κ1) is 16.4. The maximum absolute atomic E-state index is 12.6. The smallest absolute Gasteiger partial charge is 0.228 e. The molecule has 3 aliphatic carbocycles. The van der Waals surface area contributed by atoms with Gasteiger partial charge in [-0.15, -0.1) is 23.2 Å². The Morgan fingerprint density at radius 3 is 2.29 bits per heavy atom. The SMILES string of the molecule is CC(=O)c1cccc(NC(=O)C2[C@@H]3CC[C@@H]4[C@H](CC[C@@H]23)C4(Cl)Cl)c1. The van der Waals surface area contributed by atoms with Crippen molar-refractivity contribution in [2.75, 3.05) is 5.32 Å². The van der Waals surface area contributed by atoms with Gasteiger partial charge in [-0.05, 0) is 68.4 Å². The van der Waals surface area contributed by atoms with E-state index in [-0.39, 0.29) is 17.6 Å². The van der Waals surface area contributed by atoms with E-state index < -0.39 is 4.33 Å². The minimum atomic E-state index is -0.512. The van der Waals surface area contributed by atoms with Crippen LogP contribution in [0.1, 0.15) is 43.0 Å². The Labute approximate surface area is 152 Å². The molecule has 1 aromatic rings. The number of nitrogens with one attached hydrogen (secondary N) is 1. The summed E-state index contributed by atoms with van der Waals surface area (Å²) in [5.74, 6) is 1.95. The van der Waals surface area contributed by atoms with Gasteiger partial charge in [0, 0.05) is 17.2 Å². The van der Waals surface area contributed by atoms with Gasteiger partial charge in [0.2, 0.25) is 5.91 Å². The second-order valence-electron chi connectivity index (χ2n) is 7.52. The fraction of sp³-hybridized carbons (Fsp3) is 0.579. The number of halogens is 2. The molecule has 0 heterocycles. The molecule has 0 saturated heterocycles. The van der Waals surface area contributed by atoms with Crippen molar-refractivity contribution in [1.29, 1.82) is 0 Å². The maximum Gasteiger partial charge on any atom is 0.228 e. The summed E-state index contributed by atoms with van der Waals surface area (Å²) in [5, 5.41) is 2.99. The van der Waals surface area contributed by atoms with Gasteiger partial charge in [-0.3, -0.25) is 9.59 Å². The number of hydrogen-bond donors (Lipinski definition) is 1. The molecule has 1 amide bonds. The van der Waals surface area contributed by atoms with Gasteiger partial charge < -0.3 is 5.32 Å². The van der Waals surface area contributed by atoms with Gasteiger partial charge in [0.15, 0.2) is 5.78 Å². The van der Waals surface area contributed by atoms with Crippen molar-refractivity contribution in [2.45, 2.75) is 36.9 Å². The number of fused-ring (bicyclic) bond motifs is 2. The van der Waals surface area contributed by atoms with E-state index in [1.54, 1.807) is 18.2 Å². The number of anilines is 1. The number of amides is 1. The van der Waals surface area contributed by atoms with E-state index in [0.717, 1.165) is 25.7 Å². The number of benzene rings is 1. The highest BCUT2D eigenvalue weighted by atomic mass is 35.5. The van der Waals surface area contributed by atoms with Crippen LogP contribution < -0.4 is 5.32 Å². The summed E-state index contributed by atoms with van der Waals surface area (Å²) in [6.45, 7) is 1.53. The molecule has 0 spiro atoms. The summed E-state index contributed by atoms with van der Waals surface area (Å²) < 4.78 is -0.512. The first-order valence-corrected chi connectivity index (χ1v) is 9.45. The van der Waals surface area contributed by atoms with Gasteiger partial charge in [0.1, 0.15) is 4.33 Å². The molecule has 1 unspecified atom stereocenters. The number of Topliss-reactive ketones (excluding diaryl/α,β-unsaturated/α-hetero) is 1. The molecule has 3 nitrogen and oxygen atoms in total. The number of carbonyl (C=O) groups excluding carboxylic acids is 2. The quantitative estimate of drug-likeness (QED) is 0.624. The van der Waals surface area contributed by atoms with Gasteiger partial charge in [-0.1, -0.05) is 12.1 Å². The van der Waals surface area contributed by atoms with Crippen molar-refractivity contribution in [1.82, 2.24) is 0 Å². The van der Waals surface area contributed by atoms with E-state index in [1.165, 1.54) is 6.92 Å². The summed E-state index contributed by atoms with van der Waals surface area (Å²) in [4.78, 5) is 24.1. The third kappa shape index (κ3) is 2.76. The van der Waals surface area contributed by atoms with Gasteiger partial charge in [0.25, 0.3) is 0 Å². The minimum Gasteiger partial charge on any atom is -0.326 e. The summed E-state index contributed by atoms with van der Waals surface area (Å²) in [6, 6.07) is 7.14. The average molecular weight is 366 g/mol. The highest BCUT2D eigenvalue weighted by molar-refractivity contribution is 6.51. The Morgan fingerprint density at radius 2 is 1.71 bits per heavy atom. The van der Waals surface area contributed by atoms with Crippen molar-refractivity contribution in [3.05, 3.63) is 29.8 Å². The van der Waals surface area contributed by atoms with Crippen LogP contribution in [0.25, 0.3) is 0 Å². The summed E-state index contributed by atoms with van der Waals surface area (Å²) in [5.41, 5.74) is 1.32. The molecular weight excluding hydrogens is 345 g/mol. The number of carbonyl (C=O) groups is 2. The lowest BCUT2D eigenvalue weighted by atomic mass is 10.0. The van der Waals surface area contributed by atoms with Crippen LogP contribution in [0.2, 0.25) is 0 Å². The van der Waals surface area contributed by atoms with Crippen LogP contribution in [0.15, 0.2) is 24.3 Å². The fourth-order valence-electron chi connectivity index (χ4n) is 4.65. The standard InChI is InChI=1S/C19H21Cl2NO2/c1-10(23)11-3-2-4-12(9-11)22-18(24)17-13-5-7-15-16(19(15,20)21)8-6-14(13)17/h2-4,9,13-17H,5-8H2,1H3,(H,22,24)/t13-,14-,15-,16+,17?/m1/s1. The Bertz CT molecular complexity index is 680. The topological polar surface area (TPSA) is 46.2 Å². The van der Waals surface area contributed by atoms with Gasteiger partial charge in [-0.2, -0.15) is 0 Å². The molecule has 1 aromatic carbocycles. The van der Waals surface area contributed by atoms with Crippen LogP contribution in [0.5, 0.6) is 0 Å². The number of alkyl halides is 2. The fourth-order valence-corrected chi connectivity index (χ4v) is 5.57. The highest BCUT2D eigenvalue weighted by Crippen LogP contribution is 2.67. The lowest BCUT2D eigenvalue weighted by molar-refractivity contribution is -0.117. The van der Waals surface area contributed by atoms with Crippen LogP contribution in [0.3, 0.4) is 0 Å². The number of ketones is 1. The van der Waals surface area contributed by atoms with Gasteiger partial charge in [0.05, 0.1) is 0 Å². The van der Waals surface area contributed by atoms with Gasteiger partial charge in [-0.25, -0.2) is 0 Å². The molecule has 5 heteroatoms. The molecular formula is C19H21Cl2NO2. The molecule has 128 valence electrons. The largest absolute Gasteiger partial charge is 0.326 e. The molecule has 0 aromatic heterocycles. The van der Waals surface area contributed by atoms with Crippen LogP contribution in [-0.2, 0) is 4.79 Å². The Kier molecular flexibility index (Phi) is 3.92. The van der Waals surface area contributed by atoms with Crippen LogP contribution in [0.4, 0.5) is 5.69 Å². The number of rotatable bonds is 3. The minimum absolute atomic E-state index is 0.00373.